The number of hydrogen-bond donors (Lipinski definition) is 3. The van der Waals surface area contributed by atoms with E-state index < -0.39 is 5.97 Å². The average Bonchev–Trinajstić information content (AvgIpc) is 3.04. The summed E-state index contributed by atoms with van der Waals surface area (Å²) in [6, 6.07) is 23.7. The summed E-state index contributed by atoms with van der Waals surface area (Å²) in [5, 5.41) is 15.0. The molecule has 0 atom stereocenters. The van der Waals surface area contributed by atoms with Gasteiger partial charge in [-0.3, -0.25) is 9.59 Å². The van der Waals surface area contributed by atoms with E-state index in [1.807, 2.05) is 12.1 Å². The lowest BCUT2D eigenvalue weighted by atomic mass is 9.92. The molecule has 3 aromatic carbocycles. The minimum Gasteiger partial charge on any atom is -0.490 e. The number of nitrogens with one attached hydrogen (secondary N) is 2. The van der Waals surface area contributed by atoms with Gasteiger partial charge in [0.25, 0.3) is 0 Å². The zero-order valence-electron chi connectivity index (χ0n) is 23.7. The van der Waals surface area contributed by atoms with Crippen LogP contribution in [0.4, 0.5) is 11.4 Å². The highest BCUT2D eigenvalue weighted by atomic mass is 16.5. The lowest BCUT2D eigenvalue weighted by Crippen LogP contribution is -2.39. The molecule has 1 aromatic heterocycles. The van der Waals surface area contributed by atoms with Crippen LogP contribution in [0.15, 0.2) is 91.1 Å². The van der Waals surface area contributed by atoms with Crippen molar-refractivity contribution < 1.29 is 29.0 Å². The van der Waals surface area contributed by atoms with Gasteiger partial charge < -0.3 is 25.2 Å². The van der Waals surface area contributed by atoms with E-state index in [-0.39, 0.29) is 41.6 Å². The van der Waals surface area contributed by atoms with Gasteiger partial charge in [0, 0.05) is 23.9 Å². The summed E-state index contributed by atoms with van der Waals surface area (Å²) in [5.74, 6) is 0.0281. The van der Waals surface area contributed by atoms with Crippen LogP contribution in [0.3, 0.4) is 0 Å². The first-order valence-corrected chi connectivity index (χ1v) is 14.2. The highest BCUT2D eigenvalue weighted by molar-refractivity contribution is 6.01. The molecule has 222 valence electrons. The second-order valence-electron chi connectivity index (χ2n) is 10.4. The Morgan fingerprint density at radius 3 is 2.36 bits per heavy atom. The molecular formula is C34H30N4O6. The Morgan fingerprint density at radius 2 is 1.66 bits per heavy atom. The van der Waals surface area contributed by atoms with Crippen LogP contribution in [0.1, 0.15) is 52.0 Å². The second-order valence-corrected chi connectivity index (χ2v) is 10.4. The maximum absolute atomic E-state index is 12.6. The third-order valence-electron chi connectivity index (χ3n) is 7.19. The van der Waals surface area contributed by atoms with E-state index in [0.717, 1.165) is 31.4 Å². The molecule has 0 saturated heterocycles. The number of benzene rings is 3. The third-order valence-corrected chi connectivity index (χ3v) is 7.19. The predicted octanol–water partition coefficient (Wildman–Crippen LogP) is 6.42. The summed E-state index contributed by atoms with van der Waals surface area (Å²) in [7, 11) is 0. The average molecular weight is 591 g/mol. The predicted molar refractivity (Wildman–Crippen MR) is 163 cm³/mol. The monoisotopic (exact) mass is 590 g/mol. The lowest BCUT2D eigenvalue weighted by molar-refractivity contribution is -0.115. The molecule has 44 heavy (non-hydrogen) atoms. The van der Waals surface area contributed by atoms with Crippen LogP contribution in [0.5, 0.6) is 17.4 Å². The van der Waals surface area contributed by atoms with Crippen molar-refractivity contribution >= 4 is 29.2 Å². The van der Waals surface area contributed by atoms with Gasteiger partial charge in [0.2, 0.25) is 17.7 Å². The highest BCUT2D eigenvalue weighted by Gasteiger charge is 2.24. The molecule has 1 aliphatic carbocycles. The summed E-state index contributed by atoms with van der Waals surface area (Å²) >= 11 is 0. The van der Waals surface area contributed by atoms with E-state index in [1.54, 1.807) is 72.9 Å². The molecule has 1 heterocycles. The number of anilines is 1. The SMILES string of the molecule is [C-]#[N+]c1cccc(C(=O)NC2CCC(Oc3ccc(Oc4ccc(CC(=O)Nc5ccccc5C(=O)O)cn4)cc3)CC2)c1. The molecule has 0 spiro atoms. The van der Waals surface area contributed by atoms with Gasteiger partial charge in [-0.1, -0.05) is 36.4 Å². The quantitative estimate of drug-likeness (QED) is 0.182. The van der Waals surface area contributed by atoms with Gasteiger partial charge in [0.15, 0.2) is 5.69 Å². The van der Waals surface area contributed by atoms with Crippen molar-refractivity contribution in [2.45, 2.75) is 44.2 Å². The molecule has 0 unspecified atom stereocenters. The molecule has 0 bridgehead atoms. The molecular weight excluding hydrogens is 560 g/mol. The van der Waals surface area contributed by atoms with Crippen molar-refractivity contribution in [3.05, 3.63) is 119 Å². The second kappa shape index (κ2) is 14.0. The van der Waals surface area contributed by atoms with Crippen LogP contribution in [-0.4, -0.2) is 40.0 Å². The maximum atomic E-state index is 12.6. The van der Waals surface area contributed by atoms with Crippen molar-refractivity contribution in [2.75, 3.05) is 5.32 Å². The molecule has 10 heteroatoms. The van der Waals surface area contributed by atoms with Crippen LogP contribution >= 0.6 is 0 Å². The van der Waals surface area contributed by atoms with E-state index in [9.17, 15) is 19.5 Å². The Morgan fingerprint density at radius 1 is 0.909 bits per heavy atom. The lowest BCUT2D eigenvalue weighted by Gasteiger charge is -2.29. The number of carbonyl (C=O) groups excluding carboxylic acids is 2. The Bertz CT molecular complexity index is 1670. The third kappa shape index (κ3) is 7.98. The van der Waals surface area contributed by atoms with E-state index >= 15 is 0 Å². The van der Waals surface area contributed by atoms with Crippen LogP contribution in [-0.2, 0) is 11.2 Å². The number of ether oxygens (including phenoxy) is 2. The minimum absolute atomic E-state index is 0.0223. The smallest absolute Gasteiger partial charge is 0.337 e. The van der Waals surface area contributed by atoms with Crippen LogP contribution in [0.2, 0.25) is 0 Å². The Labute approximate surface area is 254 Å². The van der Waals surface area contributed by atoms with Crippen molar-refractivity contribution in [3.63, 3.8) is 0 Å². The van der Waals surface area contributed by atoms with Crippen LogP contribution < -0.4 is 20.1 Å². The van der Waals surface area contributed by atoms with E-state index in [1.165, 1.54) is 6.07 Å². The normalized spacial score (nSPS) is 15.8. The van der Waals surface area contributed by atoms with E-state index in [4.69, 9.17) is 16.0 Å². The molecule has 0 radical (unpaired) electrons. The minimum atomic E-state index is -1.12. The number of para-hydroxylation sites is 1. The number of aromatic nitrogens is 1. The number of hydrogen-bond acceptors (Lipinski definition) is 6. The van der Waals surface area contributed by atoms with Gasteiger partial charge in [-0.2, -0.15) is 0 Å². The Balaban J connectivity index is 1.06. The highest BCUT2D eigenvalue weighted by Crippen LogP contribution is 2.27. The zero-order valence-corrected chi connectivity index (χ0v) is 23.7. The summed E-state index contributed by atoms with van der Waals surface area (Å²) in [4.78, 5) is 44.0. The number of carbonyl (C=O) groups is 3. The first-order chi connectivity index (χ1) is 21.4. The number of carboxylic acids is 1. The molecule has 1 aliphatic rings. The Kier molecular flexibility index (Phi) is 9.47. The van der Waals surface area contributed by atoms with Gasteiger partial charge in [-0.15, -0.1) is 0 Å². The van der Waals surface area contributed by atoms with Crippen LogP contribution in [0.25, 0.3) is 4.85 Å². The van der Waals surface area contributed by atoms with Gasteiger partial charge in [0.05, 0.1) is 30.3 Å². The molecule has 2 amide bonds. The summed E-state index contributed by atoms with van der Waals surface area (Å²) in [5.41, 5.74) is 1.85. The molecule has 1 fully saturated rings. The van der Waals surface area contributed by atoms with Gasteiger partial charge in [-0.25, -0.2) is 14.6 Å². The largest absolute Gasteiger partial charge is 0.490 e. The fourth-order valence-electron chi connectivity index (χ4n) is 4.94. The van der Waals surface area contributed by atoms with E-state index in [0.29, 0.717) is 28.4 Å². The molecule has 4 aromatic rings. The first-order valence-electron chi connectivity index (χ1n) is 14.2. The fourth-order valence-corrected chi connectivity index (χ4v) is 4.94. The molecule has 0 aliphatic heterocycles. The van der Waals surface area contributed by atoms with E-state index in [2.05, 4.69) is 20.5 Å². The maximum Gasteiger partial charge on any atom is 0.337 e. The van der Waals surface area contributed by atoms with Crippen molar-refractivity contribution in [3.8, 4) is 17.4 Å². The number of carboxylic acid groups (broad SMARTS) is 1. The molecule has 3 N–H and O–H groups in total. The Hall–Kier alpha value is -5.69. The molecule has 5 rings (SSSR count). The van der Waals surface area contributed by atoms with Crippen molar-refractivity contribution in [1.29, 1.82) is 0 Å². The number of pyridine rings is 1. The number of aromatic carboxylic acids is 1. The van der Waals surface area contributed by atoms with Gasteiger partial charge in [0.1, 0.15) is 11.5 Å². The van der Waals surface area contributed by atoms with Gasteiger partial charge >= 0.3 is 5.97 Å². The standard InChI is InChI=1S/C34H30N4O6/c1-35-25-6-4-5-23(20-25)33(40)37-24-10-12-26(13-11-24)43-27-14-16-28(17-15-27)44-32-18-9-22(21-36-32)19-31(39)38-30-8-3-2-7-29(30)34(41)42/h2-9,14-18,20-21,24,26H,10-13,19H2,(H,37,40)(H,38,39)(H,41,42). The molecule has 10 nitrogen and oxygen atoms in total. The first kappa shape index (κ1) is 29.8. The molecule has 1 saturated carbocycles. The van der Waals surface area contributed by atoms with Crippen molar-refractivity contribution in [2.24, 2.45) is 0 Å². The zero-order chi connectivity index (χ0) is 30.9. The number of nitrogens with zero attached hydrogens (tertiary/aromatic N) is 2. The van der Waals surface area contributed by atoms with Crippen LogP contribution in [0, 0.1) is 6.57 Å². The topological polar surface area (TPSA) is 131 Å². The number of rotatable bonds is 10. The summed E-state index contributed by atoms with van der Waals surface area (Å²) < 4.78 is 12.0. The summed E-state index contributed by atoms with van der Waals surface area (Å²) in [6.07, 6.45) is 4.84. The van der Waals surface area contributed by atoms with Gasteiger partial charge in [-0.05, 0) is 73.7 Å². The fraction of sp³-hybridized carbons (Fsp3) is 0.206. The summed E-state index contributed by atoms with van der Waals surface area (Å²) in [6.45, 7) is 7.12. The number of amides is 2. The van der Waals surface area contributed by atoms with Crippen molar-refractivity contribution in [1.82, 2.24) is 10.3 Å².